The van der Waals surface area contributed by atoms with E-state index in [1.807, 2.05) is 109 Å². The number of ether oxygens (including phenoxy) is 4. The Hall–Kier alpha value is -9.22. The van der Waals surface area contributed by atoms with E-state index in [9.17, 15) is 0 Å². The van der Waals surface area contributed by atoms with Gasteiger partial charge in [-0.2, -0.15) is 0 Å². The zero-order valence-corrected chi connectivity index (χ0v) is 55.6. The van der Waals surface area contributed by atoms with Gasteiger partial charge in [0.25, 0.3) is 0 Å². The first kappa shape index (κ1) is 68.7. The molecule has 0 fully saturated rings. The maximum Gasteiger partial charge on any atom is 0.136 e. The van der Waals surface area contributed by atoms with Crippen LogP contribution >= 0.6 is 0 Å². The van der Waals surface area contributed by atoms with Crippen LogP contribution < -0.4 is 18.9 Å². The third-order valence-corrected chi connectivity index (χ3v) is 16.8. The van der Waals surface area contributed by atoms with Gasteiger partial charge in [0.2, 0.25) is 0 Å². The minimum absolute atomic E-state index is 0.412. The van der Waals surface area contributed by atoms with Crippen molar-refractivity contribution >= 4 is 0 Å². The van der Waals surface area contributed by atoms with Crippen molar-refractivity contribution in [3.8, 4) is 105 Å². The normalized spacial score (nSPS) is 12.0. The maximum atomic E-state index is 6.74. The van der Waals surface area contributed by atoms with Crippen LogP contribution in [0.4, 0.5) is 0 Å². The third kappa shape index (κ3) is 21.5. The topological polar surface area (TPSA) is 114 Å². The number of hydrogen-bond acceptors (Lipinski definition) is 10. The van der Waals surface area contributed by atoms with Gasteiger partial charge in [-0.25, -0.2) is 0 Å². The molecule has 0 bridgehead atoms. The minimum Gasteiger partial charge on any atom is -0.492 e. The second kappa shape index (κ2) is 37.8. The van der Waals surface area contributed by atoms with Crippen molar-refractivity contribution in [1.82, 2.24) is 29.9 Å². The summed E-state index contributed by atoms with van der Waals surface area (Å²) < 4.78 is 26.9. The molecule has 0 radical (unpaired) electrons. The van der Waals surface area contributed by atoms with Crippen molar-refractivity contribution in [1.29, 1.82) is 0 Å². The first-order valence-electron chi connectivity index (χ1n) is 33.9. The summed E-state index contributed by atoms with van der Waals surface area (Å²) in [6.07, 6.45) is 28.4. The molecule has 0 saturated carbocycles. The average molecular weight is 1230 g/mol. The summed E-state index contributed by atoms with van der Waals surface area (Å²) in [5.41, 5.74) is 10.7. The van der Waals surface area contributed by atoms with Crippen LogP contribution in [0.1, 0.15) is 203 Å². The van der Waals surface area contributed by atoms with Crippen LogP contribution in [0, 0.1) is 71.0 Å². The summed E-state index contributed by atoms with van der Waals surface area (Å²) in [5, 5.41) is 0. The minimum atomic E-state index is 0.412. The predicted molar refractivity (Wildman–Crippen MR) is 374 cm³/mol. The van der Waals surface area contributed by atoms with Crippen molar-refractivity contribution < 1.29 is 18.9 Å². The first-order valence-corrected chi connectivity index (χ1v) is 33.9. The summed E-state index contributed by atoms with van der Waals surface area (Å²) in [4.78, 5) is 28.0. The molecule has 0 N–H and O–H groups in total. The number of nitrogens with zero attached hydrogens (tertiary/aromatic N) is 6. The summed E-state index contributed by atoms with van der Waals surface area (Å²) in [6, 6.07) is 35.4. The van der Waals surface area contributed by atoms with E-state index in [0.717, 1.165) is 181 Å². The van der Waals surface area contributed by atoms with Gasteiger partial charge in [-0.1, -0.05) is 192 Å². The summed E-state index contributed by atoms with van der Waals surface area (Å²) in [5.74, 6) is 31.7. The van der Waals surface area contributed by atoms with Gasteiger partial charge < -0.3 is 18.9 Å². The van der Waals surface area contributed by atoms with Gasteiger partial charge in [-0.05, 0) is 122 Å². The lowest BCUT2D eigenvalue weighted by Crippen LogP contribution is -2.13. The molecular weight excluding hydrogens is 1130 g/mol. The number of unbranched alkanes of at least 4 members (excludes halogenated alkanes) is 4. The largest absolute Gasteiger partial charge is 0.492 e. The molecule has 0 saturated heterocycles. The molecule has 10 nitrogen and oxygen atoms in total. The fourth-order valence-electron chi connectivity index (χ4n) is 10.5. The SMILES string of the molecule is CCCCC(CC)COc1cc(C#Cc2ccc(-c3ccc(C#Cc4cc(OCC(CC)CCCC)c(C#Cc5ccc(-c6ccccn6)nc5)cc4OCC(CC)CCCC)cn3)nc2)c(OCC(CC)CCCC)cc1C#Cc1ccc(-c2ccccn2)nc1. The number of hydrogen-bond donors (Lipinski definition) is 0. The van der Waals surface area contributed by atoms with Crippen LogP contribution in [-0.4, -0.2) is 56.3 Å². The van der Waals surface area contributed by atoms with E-state index in [2.05, 4.69) is 123 Å². The highest BCUT2D eigenvalue weighted by molar-refractivity contribution is 5.64. The molecule has 6 heterocycles. The Morgan fingerprint density at radius 3 is 0.739 bits per heavy atom. The van der Waals surface area contributed by atoms with Gasteiger partial charge in [0, 0.05) is 83.7 Å². The van der Waals surface area contributed by atoms with E-state index < -0.39 is 0 Å². The standard InChI is InChI=1S/C82H92N6O4/c1-9-17-25-61(13-5)57-89-79-51-71(81(91-59-63(15-7)27-19-11-3)49-69(79)39-31-65-35-43-75(85-53-65)73-29-21-23-47-83-73)41-33-67-37-45-77(87-55-67)78-46-38-68(56-88-78)34-42-72-52-80(90-58-62(14-6)26-18-10-2)70(50-82(72)92-60-64(16-8)28-20-12-4)40-32-66-36-44-76(86-54-66)74-30-22-24-48-84-74/h21-24,29-30,35-38,43-56,61-64H,9-20,25-28,57-60H2,1-8H3. The lowest BCUT2D eigenvalue weighted by atomic mass is 10.00. The molecule has 0 aliphatic rings. The Kier molecular flexibility index (Phi) is 28.2. The fraction of sp³-hybridized carbons (Fsp3) is 0.390. The van der Waals surface area contributed by atoms with Crippen molar-refractivity contribution in [2.45, 2.75) is 158 Å². The molecule has 6 aromatic heterocycles. The molecule has 0 aliphatic heterocycles. The van der Waals surface area contributed by atoms with E-state index in [-0.39, 0.29) is 0 Å². The molecule has 10 heteroatoms. The molecule has 0 spiro atoms. The molecule has 0 amide bonds. The average Bonchev–Trinajstić information content (AvgIpc) is 1.13. The van der Waals surface area contributed by atoms with E-state index in [0.29, 0.717) is 73.1 Å². The Balaban J connectivity index is 1.07. The smallest absolute Gasteiger partial charge is 0.136 e. The Bertz CT molecular complexity index is 3540. The summed E-state index contributed by atoms with van der Waals surface area (Å²) >= 11 is 0. The highest BCUT2D eigenvalue weighted by Crippen LogP contribution is 2.33. The second-order valence-electron chi connectivity index (χ2n) is 23.8. The lowest BCUT2D eigenvalue weighted by Gasteiger charge is -2.19. The maximum absolute atomic E-state index is 6.74. The van der Waals surface area contributed by atoms with Crippen LogP contribution in [0.5, 0.6) is 23.0 Å². The Morgan fingerprint density at radius 1 is 0.293 bits per heavy atom. The number of benzene rings is 2. The van der Waals surface area contributed by atoms with Gasteiger partial charge in [0.15, 0.2) is 0 Å². The molecule has 0 aliphatic carbocycles. The van der Waals surface area contributed by atoms with Crippen molar-refractivity contribution in [3.63, 3.8) is 0 Å². The molecule has 92 heavy (non-hydrogen) atoms. The molecule has 4 atom stereocenters. The van der Waals surface area contributed by atoms with Crippen LogP contribution in [0.3, 0.4) is 0 Å². The fourth-order valence-corrected chi connectivity index (χ4v) is 10.5. The molecular formula is C82H92N6O4. The first-order chi connectivity index (χ1) is 45.2. The number of rotatable bonds is 31. The Morgan fingerprint density at radius 2 is 0.543 bits per heavy atom. The van der Waals surface area contributed by atoms with E-state index in [1.54, 1.807) is 37.2 Å². The third-order valence-electron chi connectivity index (χ3n) is 16.8. The quantitative estimate of drug-likeness (QED) is 0.0389. The van der Waals surface area contributed by atoms with Gasteiger partial charge in [0.1, 0.15) is 23.0 Å². The molecule has 4 unspecified atom stereocenters. The highest BCUT2D eigenvalue weighted by atomic mass is 16.5. The zero-order chi connectivity index (χ0) is 64.5. The molecule has 8 aromatic rings. The van der Waals surface area contributed by atoms with E-state index >= 15 is 0 Å². The highest BCUT2D eigenvalue weighted by Gasteiger charge is 2.18. The number of pyridine rings is 6. The van der Waals surface area contributed by atoms with Crippen molar-refractivity contribution in [3.05, 3.63) is 191 Å². The predicted octanol–water partition coefficient (Wildman–Crippen LogP) is 19.0. The molecule has 8 rings (SSSR count). The lowest BCUT2D eigenvalue weighted by molar-refractivity contribution is 0.227. The van der Waals surface area contributed by atoms with Gasteiger partial charge >= 0.3 is 0 Å². The van der Waals surface area contributed by atoms with Crippen molar-refractivity contribution in [2.75, 3.05) is 26.4 Å². The van der Waals surface area contributed by atoms with Crippen LogP contribution in [0.2, 0.25) is 0 Å². The zero-order valence-electron chi connectivity index (χ0n) is 55.6. The molecule has 2 aromatic carbocycles. The van der Waals surface area contributed by atoms with E-state index in [1.165, 1.54) is 0 Å². The van der Waals surface area contributed by atoms with Crippen LogP contribution in [0.15, 0.2) is 146 Å². The van der Waals surface area contributed by atoms with Crippen molar-refractivity contribution in [2.24, 2.45) is 23.7 Å². The Labute approximate surface area is 549 Å². The molecule has 474 valence electrons. The van der Waals surface area contributed by atoms with Crippen LogP contribution in [0.25, 0.3) is 34.2 Å². The van der Waals surface area contributed by atoms with E-state index in [4.69, 9.17) is 28.9 Å². The van der Waals surface area contributed by atoms with Crippen LogP contribution in [-0.2, 0) is 0 Å². The van der Waals surface area contributed by atoms with Gasteiger partial charge in [-0.15, -0.1) is 0 Å². The monoisotopic (exact) mass is 1220 g/mol. The van der Waals surface area contributed by atoms with Gasteiger partial charge in [-0.3, -0.25) is 29.9 Å². The summed E-state index contributed by atoms with van der Waals surface area (Å²) in [6.45, 7) is 20.2. The second-order valence-corrected chi connectivity index (χ2v) is 23.8. The van der Waals surface area contributed by atoms with Gasteiger partial charge in [0.05, 0.1) is 82.8 Å². The summed E-state index contributed by atoms with van der Waals surface area (Å²) in [7, 11) is 0. The number of aromatic nitrogens is 6.